The first-order valence-electron chi connectivity index (χ1n) is 4.16. The number of hydrogen-bond acceptors (Lipinski definition) is 3. The zero-order valence-electron chi connectivity index (χ0n) is 8.32. The molecule has 17 heavy (non-hydrogen) atoms. The smallest absolute Gasteiger partial charge is 0.475 e. The van der Waals surface area contributed by atoms with E-state index in [4.69, 9.17) is 15.0 Å². The molecule has 0 bridgehead atoms. The van der Waals surface area contributed by atoms with Gasteiger partial charge in [0, 0.05) is 13.1 Å². The van der Waals surface area contributed by atoms with Gasteiger partial charge in [0.1, 0.15) is 6.17 Å². The number of nitrogens with zero attached hydrogens (tertiary/aromatic N) is 1. The van der Waals surface area contributed by atoms with Crippen LogP contribution >= 0.6 is 0 Å². The van der Waals surface area contributed by atoms with Crippen LogP contribution < -0.4 is 5.14 Å². The number of carboxylic acids is 1. The topological polar surface area (TPSA) is 101 Å². The molecule has 1 rings (SSSR count). The van der Waals surface area contributed by atoms with E-state index in [0.717, 1.165) is 4.31 Å². The second-order valence-corrected chi connectivity index (χ2v) is 4.64. The van der Waals surface area contributed by atoms with Gasteiger partial charge < -0.3 is 5.11 Å². The Morgan fingerprint density at radius 2 is 1.82 bits per heavy atom. The fraction of sp³-hybridized carbons (Fsp3) is 0.833. The SMILES string of the molecule is NS(=O)(=O)N1CCC(F)C1.O=C(O)C(F)(F)F. The van der Waals surface area contributed by atoms with Crippen molar-refractivity contribution in [3.63, 3.8) is 0 Å². The second kappa shape index (κ2) is 5.60. The second-order valence-electron chi connectivity index (χ2n) is 3.09. The van der Waals surface area contributed by atoms with Crippen LogP contribution in [-0.2, 0) is 15.0 Å². The van der Waals surface area contributed by atoms with Crippen LogP contribution in [0.3, 0.4) is 0 Å². The van der Waals surface area contributed by atoms with Crippen molar-refractivity contribution in [2.24, 2.45) is 5.14 Å². The van der Waals surface area contributed by atoms with Crippen LogP contribution in [0.2, 0.25) is 0 Å². The van der Waals surface area contributed by atoms with Crippen molar-refractivity contribution < 1.29 is 35.9 Å². The van der Waals surface area contributed by atoms with Gasteiger partial charge in [-0.2, -0.15) is 25.9 Å². The van der Waals surface area contributed by atoms with E-state index in [1.165, 1.54) is 0 Å². The first-order chi connectivity index (χ1) is 7.44. The van der Waals surface area contributed by atoms with E-state index < -0.39 is 28.5 Å². The molecule has 11 heteroatoms. The Hall–Kier alpha value is -0.940. The maximum absolute atomic E-state index is 12.3. The molecule has 1 atom stereocenters. The van der Waals surface area contributed by atoms with Crippen LogP contribution in [0, 0.1) is 0 Å². The Balaban J connectivity index is 0.000000325. The van der Waals surface area contributed by atoms with Crippen LogP contribution in [0.1, 0.15) is 6.42 Å². The molecule has 0 aromatic rings. The van der Waals surface area contributed by atoms with E-state index in [9.17, 15) is 26.0 Å². The quantitative estimate of drug-likeness (QED) is 0.654. The van der Waals surface area contributed by atoms with Gasteiger partial charge in [0.15, 0.2) is 0 Å². The van der Waals surface area contributed by atoms with Crippen LogP contribution in [-0.4, -0.2) is 49.2 Å². The van der Waals surface area contributed by atoms with Crippen LogP contribution in [0.15, 0.2) is 0 Å². The van der Waals surface area contributed by atoms with E-state index in [-0.39, 0.29) is 19.5 Å². The Labute approximate surface area is 94.2 Å². The van der Waals surface area contributed by atoms with Gasteiger partial charge in [-0.05, 0) is 6.42 Å². The zero-order valence-corrected chi connectivity index (χ0v) is 9.13. The maximum Gasteiger partial charge on any atom is 0.490 e. The molecule has 0 aromatic carbocycles. The lowest BCUT2D eigenvalue weighted by atomic mass is 10.4. The summed E-state index contributed by atoms with van der Waals surface area (Å²) in [4.78, 5) is 8.90. The normalized spacial score (nSPS) is 21.8. The fourth-order valence-corrected chi connectivity index (χ4v) is 1.65. The minimum Gasteiger partial charge on any atom is -0.475 e. The van der Waals surface area contributed by atoms with E-state index in [1.807, 2.05) is 0 Å². The number of hydrogen-bond donors (Lipinski definition) is 2. The zero-order chi connectivity index (χ0) is 13.9. The highest BCUT2D eigenvalue weighted by molar-refractivity contribution is 7.86. The van der Waals surface area contributed by atoms with E-state index in [0.29, 0.717) is 0 Å². The van der Waals surface area contributed by atoms with Crippen molar-refractivity contribution in [3.8, 4) is 0 Å². The summed E-state index contributed by atoms with van der Waals surface area (Å²) in [7, 11) is -3.64. The monoisotopic (exact) mass is 282 g/mol. The summed E-state index contributed by atoms with van der Waals surface area (Å²) < 4.78 is 66.1. The van der Waals surface area contributed by atoms with Crippen LogP contribution in [0.25, 0.3) is 0 Å². The Kier molecular flexibility index (Phi) is 5.29. The lowest BCUT2D eigenvalue weighted by Crippen LogP contribution is -2.34. The Morgan fingerprint density at radius 3 is 1.94 bits per heavy atom. The number of halogens is 4. The van der Waals surface area contributed by atoms with E-state index >= 15 is 0 Å². The minimum atomic E-state index is -5.08. The van der Waals surface area contributed by atoms with Crippen LogP contribution in [0.4, 0.5) is 17.6 Å². The van der Waals surface area contributed by atoms with Crippen molar-refractivity contribution in [2.45, 2.75) is 18.8 Å². The lowest BCUT2D eigenvalue weighted by molar-refractivity contribution is -0.192. The third kappa shape index (κ3) is 6.38. The highest BCUT2D eigenvalue weighted by Crippen LogP contribution is 2.13. The Bertz CT molecular complexity index is 369. The van der Waals surface area contributed by atoms with Crippen molar-refractivity contribution in [1.82, 2.24) is 4.31 Å². The summed E-state index contributed by atoms with van der Waals surface area (Å²) in [6.45, 7) is 0.124. The molecular weight excluding hydrogens is 272 g/mol. The van der Waals surface area contributed by atoms with E-state index in [2.05, 4.69) is 0 Å². The Morgan fingerprint density at radius 1 is 1.41 bits per heavy atom. The molecule has 6 nitrogen and oxygen atoms in total. The van der Waals surface area contributed by atoms with Crippen molar-refractivity contribution in [3.05, 3.63) is 0 Å². The molecule has 0 radical (unpaired) electrons. The molecule has 0 amide bonds. The molecule has 0 aromatic heterocycles. The number of nitrogens with two attached hydrogens (primary N) is 1. The predicted molar refractivity (Wildman–Crippen MR) is 47.9 cm³/mol. The molecule has 3 N–H and O–H groups in total. The summed E-state index contributed by atoms with van der Waals surface area (Å²) in [5.74, 6) is -2.76. The van der Waals surface area contributed by atoms with Gasteiger partial charge in [0.25, 0.3) is 10.2 Å². The molecule has 102 valence electrons. The third-order valence-electron chi connectivity index (χ3n) is 1.70. The van der Waals surface area contributed by atoms with Crippen LogP contribution in [0.5, 0.6) is 0 Å². The first-order valence-corrected chi connectivity index (χ1v) is 5.67. The van der Waals surface area contributed by atoms with Gasteiger partial charge in [0.05, 0.1) is 0 Å². The molecule has 1 fully saturated rings. The number of aliphatic carboxylic acids is 1. The van der Waals surface area contributed by atoms with Gasteiger partial charge in [0.2, 0.25) is 0 Å². The molecule has 0 spiro atoms. The van der Waals surface area contributed by atoms with Gasteiger partial charge in [-0.15, -0.1) is 0 Å². The third-order valence-corrected chi connectivity index (χ3v) is 2.75. The van der Waals surface area contributed by atoms with Gasteiger partial charge >= 0.3 is 12.1 Å². The fourth-order valence-electron chi connectivity index (χ4n) is 0.919. The molecule has 1 unspecified atom stereocenters. The summed E-state index contributed by atoms with van der Waals surface area (Å²) in [5, 5.41) is 11.9. The number of rotatable bonds is 1. The molecular formula is C6H10F4N2O4S. The highest BCUT2D eigenvalue weighted by Gasteiger charge is 2.38. The minimum absolute atomic E-state index is 0.0845. The summed E-state index contributed by atoms with van der Waals surface area (Å²) in [6, 6.07) is 0. The van der Waals surface area contributed by atoms with Gasteiger partial charge in [-0.25, -0.2) is 14.3 Å². The average Bonchev–Trinajstić information content (AvgIpc) is 2.50. The molecule has 1 heterocycles. The van der Waals surface area contributed by atoms with Crippen molar-refractivity contribution in [2.75, 3.05) is 13.1 Å². The summed E-state index contributed by atoms with van der Waals surface area (Å²) in [5.41, 5.74) is 0. The number of alkyl halides is 4. The molecule has 0 saturated carbocycles. The molecule has 1 aliphatic heterocycles. The summed E-state index contributed by atoms with van der Waals surface area (Å²) >= 11 is 0. The molecule has 0 aliphatic carbocycles. The van der Waals surface area contributed by atoms with Gasteiger partial charge in [-0.1, -0.05) is 0 Å². The van der Waals surface area contributed by atoms with Crippen molar-refractivity contribution in [1.29, 1.82) is 0 Å². The summed E-state index contributed by atoms with van der Waals surface area (Å²) in [6.07, 6.45) is -5.87. The lowest BCUT2D eigenvalue weighted by Gasteiger charge is -2.09. The molecule has 1 aliphatic rings. The molecule has 1 saturated heterocycles. The maximum atomic E-state index is 12.3. The number of carboxylic acid groups (broad SMARTS) is 1. The number of carbonyl (C=O) groups is 1. The largest absolute Gasteiger partial charge is 0.490 e. The van der Waals surface area contributed by atoms with Crippen molar-refractivity contribution >= 4 is 16.2 Å². The standard InChI is InChI=1S/C4H9FN2O2S.C2HF3O2/c5-4-1-2-7(3-4)10(6,8)9;3-2(4,5)1(6)7/h4H,1-3H2,(H2,6,8,9);(H,6,7). The van der Waals surface area contributed by atoms with E-state index in [1.54, 1.807) is 0 Å². The van der Waals surface area contributed by atoms with Gasteiger partial charge in [-0.3, -0.25) is 0 Å². The first kappa shape index (κ1) is 16.1. The average molecular weight is 282 g/mol. The highest BCUT2D eigenvalue weighted by atomic mass is 32.2. The predicted octanol–water partition coefficient (Wildman–Crippen LogP) is -0.133.